The Labute approximate surface area is 99.8 Å². The van der Waals surface area contributed by atoms with Gasteiger partial charge in [0.05, 0.1) is 13.7 Å². The van der Waals surface area contributed by atoms with E-state index >= 15 is 0 Å². The average molecular weight is 229 g/mol. The van der Waals surface area contributed by atoms with Crippen molar-refractivity contribution in [1.29, 1.82) is 5.26 Å². The fraction of sp³-hybridized carbons (Fsp3) is 0.231. The first-order chi connectivity index (χ1) is 8.22. The standard InChI is InChI=1S/C13H11NO3/c1-3-17-13(15)8-7-10-5-4-6-12(16-2)11(10)9-14/h4-6H,3H2,1-2H3. The summed E-state index contributed by atoms with van der Waals surface area (Å²) >= 11 is 0. The fourth-order valence-electron chi connectivity index (χ4n) is 1.21. The Morgan fingerprint density at radius 2 is 2.24 bits per heavy atom. The minimum absolute atomic E-state index is 0.275. The number of benzene rings is 1. The van der Waals surface area contributed by atoms with Crippen LogP contribution in [0.15, 0.2) is 18.2 Å². The van der Waals surface area contributed by atoms with Crippen molar-refractivity contribution >= 4 is 5.97 Å². The van der Waals surface area contributed by atoms with Gasteiger partial charge in [-0.2, -0.15) is 5.26 Å². The molecule has 0 N–H and O–H groups in total. The van der Waals surface area contributed by atoms with E-state index in [0.717, 1.165) is 0 Å². The number of hydrogen-bond donors (Lipinski definition) is 0. The number of methoxy groups -OCH3 is 1. The maximum Gasteiger partial charge on any atom is 0.384 e. The number of carbonyl (C=O) groups is 1. The molecular formula is C13H11NO3. The first kappa shape index (κ1) is 12.6. The number of ether oxygens (including phenoxy) is 2. The van der Waals surface area contributed by atoms with Crippen molar-refractivity contribution < 1.29 is 14.3 Å². The average Bonchev–Trinajstić information content (AvgIpc) is 2.36. The zero-order valence-electron chi connectivity index (χ0n) is 9.61. The van der Waals surface area contributed by atoms with Crippen molar-refractivity contribution in [2.24, 2.45) is 0 Å². The molecule has 4 heteroatoms. The third kappa shape index (κ3) is 3.25. The molecule has 0 heterocycles. The van der Waals surface area contributed by atoms with Crippen molar-refractivity contribution in [3.8, 4) is 23.7 Å². The van der Waals surface area contributed by atoms with Crippen molar-refractivity contribution in [3.05, 3.63) is 29.3 Å². The lowest BCUT2D eigenvalue weighted by atomic mass is 10.1. The summed E-state index contributed by atoms with van der Waals surface area (Å²) in [7, 11) is 1.47. The highest BCUT2D eigenvalue weighted by molar-refractivity contribution is 5.89. The number of esters is 1. The molecule has 0 spiro atoms. The number of nitriles is 1. The highest BCUT2D eigenvalue weighted by Gasteiger charge is 2.06. The van der Waals surface area contributed by atoms with E-state index in [1.165, 1.54) is 7.11 Å². The van der Waals surface area contributed by atoms with Gasteiger partial charge in [0.15, 0.2) is 0 Å². The van der Waals surface area contributed by atoms with Gasteiger partial charge in [0.25, 0.3) is 0 Å². The summed E-state index contributed by atoms with van der Waals surface area (Å²) in [6.07, 6.45) is 0. The first-order valence-corrected chi connectivity index (χ1v) is 4.98. The van der Waals surface area contributed by atoms with Crippen molar-refractivity contribution in [3.63, 3.8) is 0 Å². The summed E-state index contributed by atoms with van der Waals surface area (Å²) in [6, 6.07) is 7.00. The van der Waals surface area contributed by atoms with Gasteiger partial charge in [-0.1, -0.05) is 12.0 Å². The Hall–Kier alpha value is -2.46. The van der Waals surface area contributed by atoms with E-state index in [1.807, 2.05) is 6.07 Å². The van der Waals surface area contributed by atoms with Gasteiger partial charge in [0.2, 0.25) is 0 Å². The van der Waals surface area contributed by atoms with Crippen LogP contribution in [-0.4, -0.2) is 19.7 Å². The molecule has 17 heavy (non-hydrogen) atoms. The Morgan fingerprint density at radius 1 is 1.47 bits per heavy atom. The lowest BCUT2D eigenvalue weighted by Crippen LogP contribution is -2.00. The Morgan fingerprint density at radius 3 is 2.82 bits per heavy atom. The van der Waals surface area contributed by atoms with Crippen LogP contribution < -0.4 is 4.74 Å². The minimum atomic E-state index is -0.612. The summed E-state index contributed by atoms with van der Waals surface area (Å²) in [6.45, 7) is 1.97. The van der Waals surface area contributed by atoms with Gasteiger partial charge in [-0.25, -0.2) is 4.79 Å². The zero-order valence-corrected chi connectivity index (χ0v) is 9.61. The summed E-state index contributed by atoms with van der Waals surface area (Å²) in [5.41, 5.74) is 0.756. The largest absolute Gasteiger partial charge is 0.495 e. The van der Waals surface area contributed by atoms with Crippen LogP contribution in [-0.2, 0) is 9.53 Å². The third-order valence-corrected chi connectivity index (χ3v) is 1.93. The van der Waals surface area contributed by atoms with E-state index in [9.17, 15) is 4.79 Å². The van der Waals surface area contributed by atoms with E-state index in [0.29, 0.717) is 16.9 Å². The second-order valence-electron chi connectivity index (χ2n) is 2.97. The van der Waals surface area contributed by atoms with E-state index in [1.54, 1.807) is 25.1 Å². The van der Waals surface area contributed by atoms with Crippen molar-refractivity contribution in [1.82, 2.24) is 0 Å². The maximum absolute atomic E-state index is 11.1. The molecular weight excluding hydrogens is 218 g/mol. The minimum Gasteiger partial charge on any atom is -0.495 e. The Bertz CT molecular complexity index is 518. The number of carbonyl (C=O) groups excluding carboxylic acids is 1. The zero-order chi connectivity index (χ0) is 12.7. The van der Waals surface area contributed by atoms with Crippen molar-refractivity contribution in [2.45, 2.75) is 6.92 Å². The summed E-state index contributed by atoms with van der Waals surface area (Å²) in [4.78, 5) is 11.1. The highest BCUT2D eigenvalue weighted by Crippen LogP contribution is 2.20. The topological polar surface area (TPSA) is 59.3 Å². The molecule has 0 saturated carbocycles. The number of rotatable bonds is 2. The van der Waals surface area contributed by atoms with Crippen LogP contribution in [0.1, 0.15) is 18.1 Å². The monoisotopic (exact) mass is 229 g/mol. The molecule has 0 saturated heterocycles. The molecule has 0 amide bonds. The van der Waals surface area contributed by atoms with Gasteiger partial charge in [0.1, 0.15) is 17.4 Å². The van der Waals surface area contributed by atoms with E-state index < -0.39 is 5.97 Å². The molecule has 0 atom stereocenters. The molecule has 1 aromatic rings. The quantitative estimate of drug-likeness (QED) is 0.569. The molecule has 0 aliphatic heterocycles. The molecule has 0 bridgehead atoms. The van der Waals surface area contributed by atoms with Crippen LogP contribution in [0.5, 0.6) is 5.75 Å². The van der Waals surface area contributed by atoms with Gasteiger partial charge >= 0.3 is 5.97 Å². The summed E-state index contributed by atoms with van der Waals surface area (Å²) < 4.78 is 9.69. The van der Waals surface area contributed by atoms with Gasteiger partial charge < -0.3 is 9.47 Å². The first-order valence-electron chi connectivity index (χ1n) is 4.98. The number of nitrogens with zero attached hydrogens (tertiary/aromatic N) is 1. The Kier molecular flexibility index (Phi) is 4.59. The number of hydrogen-bond acceptors (Lipinski definition) is 4. The van der Waals surface area contributed by atoms with Gasteiger partial charge in [-0.3, -0.25) is 0 Å². The lowest BCUT2D eigenvalue weighted by molar-refractivity contribution is -0.136. The second kappa shape index (κ2) is 6.19. The lowest BCUT2D eigenvalue weighted by Gasteiger charge is -2.02. The third-order valence-electron chi connectivity index (χ3n) is 1.93. The maximum atomic E-state index is 11.1. The van der Waals surface area contributed by atoms with Crippen LogP contribution in [0.4, 0.5) is 0 Å². The van der Waals surface area contributed by atoms with Crippen LogP contribution in [0.2, 0.25) is 0 Å². The molecule has 1 aromatic carbocycles. The van der Waals surface area contributed by atoms with Crippen molar-refractivity contribution in [2.75, 3.05) is 13.7 Å². The van der Waals surface area contributed by atoms with Crippen LogP contribution in [0, 0.1) is 23.2 Å². The molecule has 0 aliphatic carbocycles. The van der Waals surface area contributed by atoms with E-state index in [2.05, 4.69) is 16.6 Å². The van der Waals surface area contributed by atoms with Gasteiger partial charge in [0, 0.05) is 11.5 Å². The molecule has 0 aliphatic rings. The molecule has 0 fully saturated rings. The second-order valence-corrected chi connectivity index (χ2v) is 2.97. The molecule has 0 unspecified atom stereocenters. The Balaban J connectivity index is 3.07. The van der Waals surface area contributed by atoms with Crippen LogP contribution in [0.25, 0.3) is 0 Å². The van der Waals surface area contributed by atoms with Crippen LogP contribution >= 0.6 is 0 Å². The molecule has 4 nitrogen and oxygen atoms in total. The smallest absolute Gasteiger partial charge is 0.384 e. The predicted molar refractivity (Wildman–Crippen MR) is 61.2 cm³/mol. The molecule has 1 rings (SSSR count). The summed E-state index contributed by atoms with van der Waals surface area (Å²) in [5.74, 6) is 4.73. The molecule has 0 aromatic heterocycles. The normalized spacial score (nSPS) is 8.53. The van der Waals surface area contributed by atoms with E-state index in [-0.39, 0.29) is 6.61 Å². The molecule has 0 radical (unpaired) electrons. The predicted octanol–water partition coefficient (Wildman–Crippen LogP) is 1.48. The molecule has 86 valence electrons. The summed E-state index contributed by atoms with van der Waals surface area (Å²) in [5, 5.41) is 8.99. The van der Waals surface area contributed by atoms with Gasteiger partial charge in [-0.15, -0.1) is 0 Å². The van der Waals surface area contributed by atoms with E-state index in [4.69, 9.17) is 10.00 Å². The SMILES string of the molecule is CCOC(=O)C#Cc1cccc(OC)c1C#N. The fourth-order valence-corrected chi connectivity index (χ4v) is 1.21. The highest BCUT2D eigenvalue weighted by atomic mass is 16.5. The van der Waals surface area contributed by atoms with Crippen LogP contribution in [0.3, 0.4) is 0 Å². The van der Waals surface area contributed by atoms with Gasteiger partial charge in [-0.05, 0) is 19.1 Å².